The average Bonchev–Trinajstić information content (AvgIpc) is 3.47. The van der Waals surface area contributed by atoms with Crippen molar-refractivity contribution in [3.63, 3.8) is 0 Å². The Morgan fingerprint density at radius 2 is 1.84 bits per heavy atom. The van der Waals surface area contributed by atoms with Crippen LogP contribution >= 0.6 is 0 Å². The summed E-state index contributed by atoms with van der Waals surface area (Å²) in [5, 5.41) is 2.91. The molecule has 8 nitrogen and oxygen atoms in total. The monoisotopic (exact) mass is 440 g/mol. The molecule has 2 aromatic heterocycles. The molecule has 0 aliphatic heterocycles. The van der Waals surface area contributed by atoms with Gasteiger partial charge >= 0.3 is 0 Å². The van der Waals surface area contributed by atoms with E-state index in [4.69, 9.17) is 18.3 Å². The van der Waals surface area contributed by atoms with Crippen LogP contribution < -0.4 is 14.8 Å². The largest absolute Gasteiger partial charge is 0.493 e. The molecule has 0 bridgehead atoms. The zero-order chi connectivity index (χ0) is 22.9. The topological polar surface area (TPSA) is 94.2 Å². The first-order chi connectivity index (χ1) is 15.5. The predicted octanol–water partition coefficient (Wildman–Crippen LogP) is 3.59. The highest BCUT2D eigenvalue weighted by Gasteiger charge is 2.21. The minimum Gasteiger partial charge on any atom is -0.493 e. The highest BCUT2D eigenvalue weighted by molar-refractivity contribution is 5.95. The number of methoxy groups -OCH3 is 2. The number of aryl methyl sites for hydroxylation is 1. The number of rotatable bonds is 11. The van der Waals surface area contributed by atoms with Crippen molar-refractivity contribution in [2.45, 2.75) is 26.3 Å². The van der Waals surface area contributed by atoms with Crippen molar-refractivity contribution in [3.05, 3.63) is 71.6 Å². The predicted molar refractivity (Wildman–Crippen MR) is 118 cm³/mol. The molecule has 8 heteroatoms. The van der Waals surface area contributed by atoms with Gasteiger partial charge in [-0.25, -0.2) is 0 Å². The van der Waals surface area contributed by atoms with E-state index >= 15 is 0 Å². The van der Waals surface area contributed by atoms with Crippen molar-refractivity contribution in [1.29, 1.82) is 0 Å². The average molecular weight is 440 g/mol. The van der Waals surface area contributed by atoms with E-state index < -0.39 is 0 Å². The first-order valence-electron chi connectivity index (χ1n) is 10.3. The van der Waals surface area contributed by atoms with E-state index in [2.05, 4.69) is 5.32 Å². The van der Waals surface area contributed by atoms with Gasteiger partial charge in [0.05, 0.1) is 38.9 Å². The van der Waals surface area contributed by atoms with Gasteiger partial charge in [-0.15, -0.1) is 0 Å². The van der Waals surface area contributed by atoms with Crippen LogP contribution in [0.15, 0.2) is 57.8 Å². The molecule has 1 aromatic carbocycles. The lowest BCUT2D eigenvalue weighted by Gasteiger charge is -2.21. The van der Waals surface area contributed by atoms with Gasteiger partial charge in [-0.05, 0) is 49.2 Å². The quantitative estimate of drug-likeness (QED) is 0.490. The number of amides is 2. The summed E-state index contributed by atoms with van der Waals surface area (Å²) in [5.74, 6) is 2.16. The van der Waals surface area contributed by atoms with Gasteiger partial charge in [0.1, 0.15) is 11.5 Å². The number of ether oxygens (including phenoxy) is 2. The van der Waals surface area contributed by atoms with Crippen LogP contribution in [0.25, 0.3) is 0 Å². The van der Waals surface area contributed by atoms with Crippen LogP contribution in [0.2, 0.25) is 0 Å². The Hall–Kier alpha value is -3.68. The molecule has 170 valence electrons. The van der Waals surface area contributed by atoms with E-state index in [1.54, 1.807) is 50.5 Å². The zero-order valence-electron chi connectivity index (χ0n) is 18.6. The maximum atomic E-state index is 12.9. The summed E-state index contributed by atoms with van der Waals surface area (Å²) in [5.41, 5.74) is 1.50. The second kappa shape index (κ2) is 11.1. The fourth-order valence-electron chi connectivity index (χ4n) is 3.33. The van der Waals surface area contributed by atoms with Gasteiger partial charge in [-0.2, -0.15) is 0 Å². The van der Waals surface area contributed by atoms with E-state index in [9.17, 15) is 9.59 Å². The third kappa shape index (κ3) is 5.94. The number of nitrogens with zero attached hydrogens (tertiary/aromatic N) is 1. The Morgan fingerprint density at radius 1 is 1.03 bits per heavy atom. The Kier molecular flexibility index (Phi) is 7.96. The molecule has 0 radical (unpaired) electrons. The van der Waals surface area contributed by atoms with Gasteiger partial charge in [-0.3, -0.25) is 9.59 Å². The van der Waals surface area contributed by atoms with E-state index in [0.29, 0.717) is 41.5 Å². The molecule has 2 amide bonds. The third-order valence-corrected chi connectivity index (χ3v) is 5.10. The van der Waals surface area contributed by atoms with Crippen molar-refractivity contribution in [1.82, 2.24) is 10.2 Å². The minimum atomic E-state index is -0.203. The van der Waals surface area contributed by atoms with Crippen molar-refractivity contribution in [2.75, 3.05) is 27.3 Å². The number of carbonyl (C=O) groups is 2. The summed E-state index contributed by atoms with van der Waals surface area (Å²) in [6.07, 6.45) is 3.86. The SMILES string of the molecule is COc1ccc(CCNC(=O)CCN(Cc2ccco2)C(=O)c2ccoc2C)cc1OC. The first kappa shape index (κ1) is 23.0. The zero-order valence-corrected chi connectivity index (χ0v) is 18.6. The lowest BCUT2D eigenvalue weighted by atomic mass is 10.1. The number of hydrogen-bond donors (Lipinski definition) is 1. The second-order valence-electron chi connectivity index (χ2n) is 7.24. The Balaban J connectivity index is 1.53. The third-order valence-electron chi connectivity index (χ3n) is 5.10. The van der Waals surface area contributed by atoms with Crippen LogP contribution in [0, 0.1) is 6.92 Å². The molecule has 0 fully saturated rings. The molecule has 0 spiro atoms. The molecule has 32 heavy (non-hydrogen) atoms. The molecule has 3 aromatic rings. The summed E-state index contributed by atoms with van der Waals surface area (Å²) in [4.78, 5) is 26.9. The van der Waals surface area contributed by atoms with Crippen molar-refractivity contribution < 1.29 is 27.9 Å². The summed E-state index contributed by atoms with van der Waals surface area (Å²) in [6.45, 7) is 2.74. The van der Waals surface area contributed by atoms with Crippen LogP contribution in [-0.2, 0) is 17.8 Å². The van der Waals surface area contributed by atoms with Crippen LogP contribution in [0.3, 0.4) is 0 Å². The van der Waals surface area contributed by atoms with Crippen LogP contribution in [0.1, 0.15) is 33.9 Å². The highest BCUT2D eigenvalue weighted by Crippen LogP contribution is 2.27. The summed E-state index contributed by atoms with van der Waals surface area (Å²) < 4.78 is 21.2. The van der Waals surface area contributed by atoms with Gasteiger partial charge in [-0.1, -0.05) is 6.07 Å². The molecule has 3 rings (SSSR count). The number of carbonyl (C=O) groups excluding carboxylic acids is 2. The van der Waals surface area contributed by atoms with E-state index in [1.807, 2.05) is 18.2 Å². The van der Waals surface area contributed by atoms with E-state index in [-0.39, 0.29) is 31.3 Å². The summed E-state index contributed by atoms with van der Waals surface area (Å²) in [6, 6.07) is 10.9. The minimum absolute atomic E-state index is 0.133. The summed E-state index contributed by atoms with van der Waals surface area (Å²) >= 11 is 0. The van der Waals surface area contributed by atoms with Gasteiger partial charge in [0.2, 0.25) is 5.91 Å². The fraction of sp³-hybridized carbons (Fsp3) is 0.333. The molecular formula is C24H28N2O6. The molecule has 1 N–H and O–H groups in total. The Morgan fingerprint density at radius 3 is 2.50 bits per heavy atom. The van der Waals surface area contributed by atoms with Gasteiger partial charge < -0.3 is 28.5 Å². The Bertz CT molecular complexity index is 1030. The smallest absolute Gasteiger partial charge is 0.257 e. The molecular weight excluding hydrogens is 412 g/mol. The molecule has 0 aliphatic carbocycles. The molecule has 0 saturated heterocycles. The van der Waals surface area contributed by atoms with Crippen LogP contribution in [0.5, 0.6) is 11.5 Å². The van der Waals surface area contributed by atoms with Crippen LogP contribution in [-0.4, -0.2) is 44.0 Å². The number of nitrogens with one attached hydrogen (secondary N) is 1. The summed E-state index contributed by atoms with van der Waals surface area (Å²) in [7, 11) is 3.18. The maximum absolute atomic E-state index is 12.9. The van der Waals surface area contributed by atoms with Crippen molar-refractivity contribution in [2.24, 2.45) is 0 Å². The standard InChI is InChI=1S/C24H28N2O6/c1-17-20(10-14-31-17)24(28)26(16-19-5-4-13-32-19)12-9-23(27)25-11-8-18-6-7-21(29-2)22(15-18)30-3/h4-7,10,13-15H,8-9,11-12,16H2,1-3H3,(H,25,27). The molecule has 0 atom stereocenters. The number of benzene rings is 1. The normalized spacial score (nSPS) is 10.6. The number of furan rings is 2. The van der Waals surface area contributed by atoms with E-state index in [0.717, 1.165) is 5.56 Å². The number of hydrogen-bond acceptors (Lipinski definition) is 6. The lowest BCUT2D eigenvalue weighted by Crippen LogP contribution is -2.35. The fourth-order valence-corrected chi connectivity index (χ4v) is 3.33. The molecule has 0 saturated carbocycles. The van der Waals surface area contributed by atoms with E-state index in [1.165, 1.54) is 6.26 Å². The van der Waals surface area contributed by atoms with Gasteiger partial charge in [0.25, 0.3) is 5.91 Å². The molecule has 2 heterocycles. The van der Waals surface area contributed by atoms with Gasteiger partial charge in [0.15, 0.2) is 11.5 Å². The highest BCUT2D eigenvalue weighted by atomic mass is 16.5. The van der Waals surface area contributed by atoms with Crippen molar-refractivity contribution >= 4 is 11.8 Å². The maximum Gasteiger partial charge on any atom is 0.257 e. The second-order valence-corrected chi connectivity index (χ2v) is 7.24. The Labute approximate surface area is 187 Å². The lowest BCUT2D eigenvalue weighted by molar-refractivity contribution is -0.121. The molecule has 0 aliphatic rings. The van der Waals surface area contributed by atoms with Gasteiger partial charge in [0, 0.05) is 19.5 Å². The molecule has 0 unspecified atom stereocenters. The first-order valence-corrected chi connectivity index (χ1v) is 10.3. The van der Waals surface area contributed by atoms with Crippen molar-refractivity contribution in [3.8, 4) is 11.5 Å². The van der Waals surface area contributed by atoms with Crippen LogP contribution in [0.4, 0.5) is 0 Å².